The van der Waals surface area contributed by atoms with E-state index >= 15 is 0 Å². The monoisotopic (exact) mass is 266 g/mol. The van der Waals surface area contributed by atoms with Crippen LogP contribution >= 0.6 is 0 Å². The van der Waals surface area contributed by atoms with E-state index in [1.807, 2.05) is 26.0 Å². The molecule has 7 heteroatoms. The van der Waals surface area contributed by atoms with Crippen LogP contribution in [-0.2, 0) is 11.3 Å². The molecule has 106 valence electrons. The summed E-state index contributed by atoms with van der Waals surface area (Å²) in [4.78, 5) is 16.6. The number of ether oxygens (including phenoxy) is 1. The molecule has 0 radical (unpaired) electrons. The molecule has 1 aliphatic heterocycles. The van der Waals surface area contributed by atoms with Crippen molar-refractivity contribution in [2.45, 2.75) is 25.5 Å². The van der Waals surface area contributed by atoms with E-state index in [0.29, 0.717) is 24.4 Å². The molecule has 1 saturated heterocycles. The highest BCUT2D eigenvalue weighted by Crippen LogP contribution is 2.14. The molecule has 7 nitrogen and oxygen atoms in total. The van der Waals surface area contributed by atoms with Gasteiger partial charge in [-0.2, -0.15) is 15.0 Å². The molecular weight excluding hydrogens is 244 g/mol. The Morgan fingerprint density at radius 2 is 2.05 bits per heavy atom. The Labute approximate surface area is 113 Å². The first-order valence-electron chi connectivity index (χ1n) is 6.52. The summed E-state index contributed by atoms with van der Waals surface area (Å²) in [7, 11) is 5.81. The minimum atomic E-state index is 0.263. The van der Waals surface area contributed by atoms with Crippen molar-refractivity contribution >= 4 is 11.9 Å². The van der Waals surface area contributed by atoms with E-state index in [1.54, 1.807) is 0 Å². The second-order valence-electron chi connectivity index (χ2n) is 5.14. The van der Waals surface area contributed by atoms with Crippen molar-refractivity contribution in [3.8, 4) is 0 Å². The zero-order chi connectivity index (χ0) is 13.8. The number of nitrogen functional groups attached to an aromatic ring is 1. The maximum Gasteiger partial charge on any atom is 0.229 e. The summed E-state index contributed by atoms with van der Waals surface area (Å²) in [6.07, 6.45) is 2.62. The molecule has 1 atom stereocenters. The third-order valence-corrected chi connectivity index (χ3v) is 3.04. The van der Waals surface area contributed by atoms with Crippen LogP contribution in [0.3, 0.4) is 0 Å². The van der Waals surface area contributed by atoms with Crippen LogP contribution in [0.1, 0.15) is 18.7 Å². The Kier molecular flexibility index (Phi) is 4.49. The number of rotatable bonds is 5. The smallest absolute Gasteiger partial charge is 0.229 e. The van der Waals surface area contributed by atoms with Crippen LogP contribution < -0.4 is 10.6 Å². The largest absolute Gasteiger partial charge is 0.377 e. The van der Waals surface area contributed by atoms with Gasteiger partial charge in [0.05, 0.1) is 12.6 Å². The molecule has 0 aliphatic carbocycles. The first-order valence-corrected chi connectivity index (χ1v) is 6.52. The van der Waals surface area contributed by atoms with Gasteiger partial charge in [0.15, 0.2) is 0 Å². The standard InChI is InChI=1S/C12H22N6O/c1-17(2)12-15-10(14-11(13)16-12)8-18(3)7-9-5-4-6-19-9/h9H,4-8H2,1-3H3,(H2,13,14,15,16). The van der Waals surface area contributed by atoms with Crippen LogP contribution in [0.25, 0.3) is 0 Å². The summed E-state index contributed by atoms with van der Waals surface area (Å²) in [5, 5.41) is 0. The fraction of sp³-hybridized carbons (Fsp3) is 0.750. The summed E-state index contributed by atoms with van der Waals surface area (Å²) in [6.45, 7) is 2.41. The first-order chi connectivity index (χ1) is 9.04. The molecule has 0 saturated carbocycles. The van der Waals surface area contributed by atoms with Gasteiger partial charge in [-0.05, 0) is 19.9 Å². The summed E-state index contributed by atoms with van der Waals surface area (Å²) < 4.78 is 5.62. The molecule has 1 fully saturated rings. The van der Waals surface area contributed by atoms with Crippen molar-refractivity contribution in [2.24, 2.45) is 0 Å². The molecule has 2 rings (SSSR count). The zero-order valence-corrected chi connectivity index (χ0v) is 11.8. The minimum Gasteiger partial charge on any atom is -0.377 e. The third kappa shape index (κ3) is 4.00. The molecular formula is C12H22N6O. The van der Waals surface area contributed by atoms with Crippen LogP contribution in [0.2, 0.25) is 0 Å². The SMILES string of the molecule is CN(Cc1nc(N)nc(N(C)C)n1)CC1CCCO1. The van der Waals surface area contributed by atoms with Gasteiger partial charge in [-0.3, -0.25) is 4.90 Å². The van der Waals surface area contributed by atoms with E-state index in [-0.39, 0.29) is 5.95 Å². The lowest BCUT2D eigenvalue weighted by Crippen LogP contribution is -2.29. The topological polar surface area (TPSA) is 80.4 Å². The van der Waals surface area contributed by atoms with Crippen molar-refractivity contribution in [2.75, 3.05) is 44.9 Å². The van der Waals surface area contributed by atoms with E-state index < -0.39 is 0 Å². The molecule has 1 aliphatic rings. The van der Waals surface area contributed by atoms with E-state index in [1.165, 1.54) is 0 Å². The Morgan fingerprint density at radius 3 is 2.68 bits per heavy atom. The molecule has 2 N–H and O–H groups in total. The second kappa shape index (κ2) is 6.12. The predicted molar refractivity (Wildman–Crippen MR) is 73.9 cm³/mol. The lowest BCUT2D eigenvalue weighted by atomic mass is 10.2. The van der Waals surface area contributed by atoms with E-state index in [9.17, 15) is 0 Å². The number of nitrogens with zero attached hydrogens (tertiary/aromatic N) is 5. The molecule has 0 aromatic carbocycles. The van der Waals surface area contributed by atoms with Gasteiger partial charge in [-0.15, -0.1) is 0 Å². The highest BCUT2D eigenvalue weighted by molar-refractivity contribution is 5.32. The molecule has 1 aromatic heterocycles. The first kappa shape index (κ1) is 14.0. The van der Waals surface area contributed by atoms with Crippen LogP contribution in [0.5, 0.6) is 0 Å². The molecule has 19 heavy (non-hydrogen) atoms. The maximum atomic E-state index is 5.70. The average molecular weight is 266 g/mol. The van der Waals surface area contributed by atoms with Crippen molar-refractivity contribution < 1.29 is 4.74 Å². The molecule has 0 bridgehead atoms. The van der Waals surface area contributed by atoms with Gasteiger partial charge in [0.2, 0.25) is 11.9 Å². The van der Waals surface area contributed by atoms with Gasteiger partial charge in [0.1, 0.15) is 5.82 Å². The predicted octanol–water partition coefficient (Wildman–Crippen LogP) is 0.131. The number of likely N-dealkylation sites (N-methyl/N-ethyl adjacent to an activating group) is 1. The Hall–Kier alpha value is -1.47. The lowest BCUT2D eigenvalue weighted by molar-refractivity contribution is 0.0786. The zero-order valence-electron chi connectivity index (χ0n) is 11.8. The highest BCUT2D eigenvalue weighted by Gasteiger charge is 2.18. The normalized spacial score (nSPS) is 19.1. The molecule has 2 heterocycles. The third-order valence-electron chi connectivity index (χ3n) is 3.04. The summed E-state index contributed by atoms with van der Waals surface area (Å²) in [6, 6.07) is 0. The summed E-state index contributed by atoms with van der Waals surface area (Å²) >= 11 is 0. The molecule has 0 amide bonds. The molecule has 0 spiro atoms. The van der Waals surface area contributed by atoms with Crippen molar-refractivity contribution in [3.63, 3.8) is 0 Å². The quantitative estimate of drug-likeness (QED) is 0.811. The van der Waals surface area contributed by atoms with Crippen LogP contribution in [0.15, 0.2) is 0 Å². The molecule has 1 aromatic rings. The van der Waals surface area contributed by atoms with Crippen LogP contribution in [0, 0.1) is 0 Å². The van der Waals surface area contributed by atoms with E-state index in [0.717, 1.165) is 26.0 Å². The van der Waals surface area contributed by atoms with Crippen molar-refractivity contribution in [1.29, 1.82) is 0 Å². The number of hydrogen-bond donors (Lipinski definition) is 1. The van der Waals surface area contributed by atoms with E-state index in [4.69, 9.17) is 10.5 Å². The van der Waals surface area contributed by atoms with Gasteiger partial charge in [0.25, 0.3) is 0 Å². The van der Waals surface area contributed by atoms with E-state index in [2.05, 4.69) is 19.9 Å². The summed E-state index contributed by atoms with van der Waals surface area (Å²) in [5.74, 6) is 1.55. The molecule has 1 unspecified atom stereocenters. The number of nitrogens with two attached hydrogens (primary N) is 1. The van der Waals surface area contributed by atoms with Gasteiger partial charge in [-0.1, -0.05) is 0 Å². The van der Waals surface area contributed by atoms with Gasteiger partial charge in [-0.25, -0.2) is 0 Å². The average Bonchev–Trinajstić information content (AvgIpc) is 2.80. The summed E-state index contributed by atoms with van der Waals surface area (Å²) in [5.41, 5.74) is 5.70. The Balaban J connectivity index is 1.97. The maximum absolute atomic E-state index is 5.70. The number of aromatic nitrogens is 3. The lowest BCUT2D eigenvalue weighted by Gasteiger charge is -2.20. The number of hydrogen-bond acceptors (Lipinski definition) is 7. The second-order valence-corrected chi connectivity index (χ2v) is 5.14. The minimum absolute atomic E-state index is 0.263. The van der Waals surface area contributed by atoms with Crippen molar-refractivity contribution in [1.82, 2.24) is 19.9 Å². The van der Waals surface area contributed by atoms with Crippen LogP contribution in [0.4, 0.5) is 11.9 Å². The fourth-order valence-corrected chi connectivity index (χ4v) is 2.14. The number of anilines is 2. The van der Waals surface area contributed by atoms with Gasteiger partial charge >= 0.3 is 0 Å². The Bertz CT molecular complexity index is 419. The fourth-order valence-electron chi connectivity index (χ4n) is 2.14. The van der Waals surface area contributed by atoms with Crippen LogP contribution in [-0.4, -0.2) is 60.3 Å². The highest BCUT2D eigenvalue weighted by atomic mass is 16.5. The Morgan fingerprint density at radius 1 is 1.26 bits per heavy atom. The van der Waals surface area contributed by atoms with Gasteiger partial charge < -0.3 is 15.4 Å². The van der Waals surface area contributed by atoms with Crippen molar-refractivity contribution in [3.05, 3.63) is 5.82 Å². The van der Waals surface area contributed by atoms with Gasteiger partial charge in [0, 0.05) is 27.2 Å².